The van der Waals surface area contributed by atoms with E-state index in [0.717, 1.165) is 31.2 Å². The molecule has 1 aromatic rings. The van der Waals surface area contributed by atoms with Gasteiger partial charge in [-0.1, -0.05) is 19.0 Å². The molecular weight excluding hydrogens is 166 g/mol. The summed E-state index contributed by atoms with van der Waals surface area (Å²) in [7, 11) is 0. The Kier molecular flexibility index (Phi) is 2.31. The highest BCUT2D eigenvalue weighted by Gasteiger charge is 2.22. The monoisotopic (exact) mass is 181 g/mol. The van der Waals surface area contributed by atoms with Gasteiger partial charge in [0.15, 0.2) is 5.82 Å². The van der Waals surface area contributed by atoms with Gasteiger partial charge < -0.3 is 9.84 Å². The van der Waals surface area contributed by atoms with E-state index in [1.807, 2.05) is 0 Å². The van der Waals surface area contributed by atoms with E-state index in [1.165, 1.54) is 0 Å². The fourth-order valence-corrected chi connectivity index (χ4v) is 1.52. The minimum absolute atomic E-state index is 0.329. The summed E-state index contributed by atoms with van der Waals surface area (Å²) in [4.78, 5) is 4.37. The Balaban J connectivity index is 2.12. The minimum Gasteiger partial charge on any atom is -0.339 e. The van der Waals surface area contributed by atoms with Crippen molar-refractivity contribution in [3.05, 3.63) is 11.7 Å². The van der Waals surface area contributed by atoms with Gasteiger partial charge in [-0.05, 0) is 13.0 Å². The van der Waals surface area contributed by atoms with Crippen LogP contribution in [0.3, 0.4) is 0 Å². The molecule has 1 aliphatic heterocycles. The van der Waals surface area contributed by atoms with Gasteiger partial charge in [-0.2, -0.15) is 4.98 Å². The molecule has 1 aromatic heterocycles. The van der Waals surface area contributed by atoms with Gasteiger partial charge in [0, 0.05) is 18.4 Å². The molecular formula is C9H15N3O. The second kappa shape index (κ2) is 3.46. The first-order valence-electron chi connectivity index (χ1n) is 4.81. The van der Waals surface area contributed by atoms with Crippen molar-refractivity contribution in [2.24, 2.45) is 0 Å². The molecule has 72 valence electrons. The Morgan fingerprint density at radius 1 is 1.54 bits per heavy atom. The van der Waals surface area contributed by atoms with Crippen molar-refractivity contribution in [1.29, 1.82) is 0 Å². The second-order valence-corrected chi connectivity index (χ2v) is 3.84. The van der Waals surface area contributed by atoms with Crippen LogP contribution in [-0.2, 0) is 0 Å². The Bertz CT molecular complexity index is 276. The van der Waals surface area contributed by atoms with E-state index in [0.29, 0.717) is 11.8 Å². The van der Waals surface area contributed by atoms with Crippen LogP contribution in [0.25, 0.3) is 0 Å². The molecule has 0 aliphatic carbocycles. The first kappa shape index (κ1) is 8.69. The lowest BCUT2D eigenvalue weighted by Gasteiger charge is -1.99. The fourth-order valence-electron chi connectivity index (χ4n) is 1.52. The van der Waals surface area contributed by atoms with E-state index < -0.39 is 0 Å². The Morgan fingerprint density at radius 2 is 2.38 bits per heavy atom. The van der Waals surface area contributed by atoms with Gasteiger partial charge in [0.25, 0.3) is 0 Å². The topological polar surface area (TPSA) is 51.0 Å². The highest BCUT2D eigenvalue weighted by atomic mass is 16.5. The highest BCUT2D eigenvalue weighted by molar-refractivity contribution is 5.00. The standard InChI is InChI=1S/C9H15N3O/c1-6(2)9-11-8(12-13-9)7-3-4-10-5-7/h6-7,10H,3-5H2,1-2H3/t7-/m0/s1. The number of nitrogens with one attached hydrogen (secondary N) is 1. The van der Waals surface area contributed by atoms with Crippen LogP contribution >= 0.6 is 0 Å². The third kappa shape index (κ3) is 1.72. The molecule has 0 bridgehead atoms. The van der Waals surface area contributed by atoms with Crippen LogP contribution in [0.2, 0.25) is 0 Å². The zero-order valence-electron chi connectivity index (χ0n) is 8.08. The zero-order chi connectivity index (χ0) is 9.26. The predicted molar refractivity (Wildman–Crippen MR) is 48.6 cm³/mol. The number of rotatable bonds is 2. The summed E-state index contributed by atoms with van der Waals surface area (Å²) < 4.78 is 5.15. The quantitative estimate of drug-likeness (QED) is 0.746. The van der Waals surface area contributed by atoms with Crippen LogP contribution in [-0.4, -0.2) is 23.2 Å². The Morgan fingerprint density at radius 3 is 2.92 bits per heavy atom. The maximum atomic E-state index is 5.15. The molecule has 0 aromatic carbocycles. The molecule has 4 heteroatoms. The van der Waals surface area contributed by atoms with Gasteiger partial charge in [0.1, 0.15) is 0 Å². The maximum absolute atomic E-state index is 5.15. The molecule has 1 atom stereocenters. The van der Waals surface area contributed by atoms with E-state index >= 15 is 0 Å². The highest BCUT2D eigenvalue weighted by Crippen LogP contribution is 2.21. The van der Waals surface area contributed by atoms with Crippen molar-refractivity contribution < 1.29 is 4.52 Å². The number of aromatic nitrogens is 2. The van der Waals surface area contributed by atoms with Crippen LogP contribution in [0.5, 0.6) is 0 Å². The lowest BCUT2D eigenvalue weighted by atomic mass is 10.1. The van der Waals surface area contributed by atoms with Crippen molar-refractivity contribution >= 4 is 0 Å². The minimum atomic E-state index is 0.329. The lowest BCUT2D eigenvalue weighted by Crippen LogP contribution is -2.08. The van der Waals surface area contributed by atoms with Crippen molar-refractivity contribution in [1.82, 2.24) is 15.5 Å². The molecule has 4 nitrogen and oxygen atoms in total. The van der Waals surface area contributed by atoms with Crippen molar-refractivity contribution in [3.63, 3.8) is 0 Å². The van der Waals surface area contributed by atoms with Crippen LogP contribution in [0.15, 0.2) is 4.52 Å². The van der Waals surface area contributed by atoms with Gasteiger partial charge in [-0.15, -0.1) is 0 Å². The molecule has 2 rings (SSSR count). The molecule has 0 radical (unpaired) electrons. The summed E-state index contributed by atoms with van der Waals surface area (Å²) in [6, 6.07) is 0. The van der Waals surface area contributed by atoms with Gasteiger partial charge in [0.2, 0.25) is 5.89 Å². The third-order valence-electron chi connectivity index (χ3n) is 2.38. The first-order valence-corrected chi connectivity index (χ1v) is 4.81. The Labute approximate surface area is 77.7 Å². The molecule has 1 fully saturated rings. The van der Waals surface area contributed by atoms with Gasteiger partial charge in [-0.3, -0.25) is 0 Å². The van der Waals surface area contributed by atoms with Crippen molar-refractivity contribution in [2.75, 3.05) is 13.1 Å². The summed E-state index contributed by atoms with van der Waals surface area (Å²) in [5.41, 5.74) is 0. The zero-order valence-corrected chi connectivity index (χ0v) is 8.08. The molecule has 0 amide bonds. The number of hydrogen-bond acceptors (Lipinski definition) is 4. The summed E-state index contributed by atoms with van der Waals surface area (Å²) in [5, 5.41) is 7.28. The molecule has 0 spiro atoms. The Hall–Kier alpha value is -0.900. The van der Waals surface area contributed by atoms with E-state index in [9.17, 15) is 0 Å². The van der Waals surface area contributed by atoms with Crippen LogP contribution in [0, 0.1) is 0 Å². The molecule has 0 unspecified atom stereocenters. The maximum Gasteiger partial charge on any atom is 0.229 e. The molecule has 13 heavy (non-hydrogen) atoms. The summed E-state index contributed by atoms with van der Waals surface area (Å²) in [6.07, 6.45) is 1.12. The van der Waals surface area contributed by atoms with E-state index in [-0.39, 0.29) is 0 Å². The van der Waals surface area contributed by atoms with Gasteiger partial charge in [0.05, 0.1) is 0 Å². The molecule has 1 aliphatic rings. The van der Waals surface area contributed by atoms with Crippen molar-refractivity contribution in [2.45, 2.75) is 32.1 Å². The SMILES string of the molecule is CC(C)c1nc([C@H]2CCNC2)no1. The molecule has 1 saturated heterocycles. The van der Waals surface area contributed by atoms with Gasteiger partial charge in [-0.25, -0.2) is 0 Å². The summed E-state index contributed by atoms with van der Waals surface area (Å²) in [5.74, 6) is 2.41. The van der Waals surface area contributed by atoms with Crippen LogP contribution in [0.4, 0.5) is 0 Å². The molecule has 0 saturated carbocycles. The number of nitrogens with zero attached hydrogens (tertiary/aromatic N) is 2. The summed E-state index contributed by atoms with van der Waals surface area (Å²) >= 11 is 0. The number of hydrogen-bond donors (Lipinski definition) is 1. The summed E-state index contributed by atoms with van der Waals surface area (Å²) in [6.45, 7) is 6.17. The van der Waals surface area contributed by atoms with E-state index in [1.54, 1.807) is 0 Å². The average molecular weight is 181 g/mol. The third-order valence-corrected chi connectivity index (χ3v) is 2.38. The van der Waals surface area contributed by atoms with E-state index in [2.05, 4.69) is 29.3 Å². The molecule has 1 N–H and O–H groups in total. The predicted octanol–water partition coefficient (Wildman–Crippen LogP) is 1.27. The van der Waals surface area contributed by atoms with Crippen LogP contribution < -0.4 is 5.32 Å². The largest absolute Gasteiger partial charge is 0.339 e. The second-order valence-electron chi connectivity index (χ2n) is 3.84. The van der Waals surface area contributed by atoms with Crippen LogP contribution in [0.1, 0.15) is 43.8 Å². The van der Waals surface area contributed by atoms with Gasteiger partial charge >= 0.3 is 0 Å². The van der Waals surface area contributed by atoms with Crippen molar-refractivity contribution in [3.8, 4) is 0 Å². The fraction of sp³-hybridized carbons (Fsp3) is 0.778. The lowest BCUT2D eigenvalue weighted by molar-refractivity contribution is 0.358. The normalized spacial score (nSPS) is 22.8. The molecule has 2 heterocycles. The average Bonchev–Trinajstić information content (AvgIpc) is 2.75. The smallest absolute Gasteiger partial charge is 0.229 e. The van der Waals surface area contributed by atoms with E-state index in [4.69, 9.17) is 4.52 Å². The first-order chi connectivity index (χ1) is 6.27.